The molecule has 3 aromatic rings. The quantitative estimate of drug-likeness (QED) is 0.719. The molecule has 0 radical (unpaired) electrons. The van der Waals surface area contributed by atoms with Crippen LogP contribution < -0.4 is 0 Å². The van der Waals surface area contributed by atoms with Crippen LogP contribution in [0.2, 0.25) is 0 Å². The summed E-state index contributed by atoms with van der Waals surface area (Å²) in [4.78, 5) is 6.81. The first-order chi connectivity index (χ1) is 9.70. The van der Waals surface area contributed by atoms with Gasteiger partial charge in [-0.3, -0.25) is 4.90 Å². The number of hydrogen-bond donors (Lipinski definition) is 0. The molecule has 1 heterocycles. The van der Waals surface area contributed by atoms with Gasteiger partial charge in [0.1, 0.15) is 10.8 Å². The summed E-state index contributed by atoms with van der Waals surface area (Å²) in [6, 6.07) is 14.8. The Morgan fingerprint density at radius 3 is 2.55 bits per heavy atom. The normalized spacial score (nSPS) is 11.3. The van der Waals surface area contributed by atoms with Gasteiger partial charge in [-0.05, 0) is 36.9 Å². The Morgan fingerprint density at radius 2 is 1.80 bits per heavy atom. The molecule has 0 aliphatic carbocycles. The summed E-state index contributed by atoms with van der Waals surface area (Å²) in [5.41, 5.74) is 2.16. The van der Waals surface area contributed by atoms with Gasteiger partial charge in [-0.15, -0.1) is 11.3 Å². The van der Waals surface area contributed by atoms with Gasteiger partial charge in [-0.1, -0.05) is 24.3 Å². The third-order valence-corrected chi connectivity index (χ3v) is 4.13. The molecule has 0 N–H and O–H groups in total. The van der Waals surface area contributed by atoms with Crippen molar-refractivity contribution in [1.29, 1.82) is 0 Å². The van der Waals surface area contributed by atoms with Crippen molar-refractivity contribution in [3.63, 3.8) is 0 Å². The van der Waals surface area contributed by atoms with Crippen LogP contribution in [0.3, 0.4) is 0 Å². The summed E-state index contributed by atoms with van der Waals surface area (Å²) in [6.45, 7) is 1.59. The zero-order chi connectivity index (χ0) is 13.9. The van der Waals surface area contributed by atoms with Gasteiger partial charge >= 0.3 is 0 Å². The SMILES string of the molecule is CN(Cc1ccc(F)cc1)Cc1nc2ccccc2s1. The van der Waals surface area contributed by atoms with Crippen LogP contribution in [-0.2, 0) is 13.1 Å². The molecule has 0 saturated carbocycles. The van der Waals surface area contributed by atoms with Gasteiger partial charge in [0, 0.05) is 6.54 Å². The van der Waals surface area contributed by atoms with E-state index >= 15 is 0 Å². The molecule has 0 atom stereocenters. The Bertz CT molecular complexity index is 673. The Balaban J connectivity index is 1.69. The monoisotopic (exact) mass is 286 g/mol. The topological polar surface area (TPSA) is 16.1 Å². The van der Waals surface area contributed by atoms with Gasteiger partial charge in [0.2, 0.25) is 0 Å². The Hall–Kier alpha value is -1.78. The minimum Gasteiger partial charge on any atom is -0.295 e. The maximum absolute atomic E-state index is 12.9. The van der Waals surface area contributed by atoms with Crippen LogP contribution in [0.5, 0.6) is 0 Å². The summed E-state index contributed by atoms with van der Waals surface area (Å²) in [5, 5.41) is 1.11. The highest BCUT2D eigenvalue weighted by atomic mass is 32.1. The number of hydrogen-bond acceptors (Lipinski definition) is 3. The molecule has 1 aromatic heterocycles. The molecule has 0 unspecified atom stereocenters. The van der Waals surface area contributed by atoms with Crippen molar-refractivity contribution in [2.24, 2.45) is 0 Å². The molecule has 0 amide bonds. The van der Waals surface area contributed by atoms with Crippen molar-refractivity contribution < 1.29 is 4.39 Å². The van der Waals surface area contributed by atoms with E-state index in [4.69, 9.17) is 0 Å². The molecule has 2 aromatic carbocycles. The number of aromatic nitrogens is 1. The molecule has 2 nitrogen and oxygen atoms in total. The molecule has 0 bridgehead atoms. The highest BCUT2D eigenvalue weighted by Gasteiger charge is 2.07. The van der Waals surface area contributed by atoms with E-state index in [9.17, 15) is 4.39 Å². The Morgan fingerprint density at radius 1 is 1.05 bits per heavy atom. The number of thiazole rings is 1. The molecule has 0 fully saturated rings. The number of benzene rings is 2. The fourth-order valence-corrected chi connectivity index (χ4v) is 3.22. The first-order valence-corrected chi connectivity index (χ1v) is 7.30. The van der Waals surface area contributed by atoms with Crippen molar-refractivity contribution in [3.05, 3.63) is 64.9 Å². The summed E-state index contributed by atoms with van der Waals surface area (Å²) < 4.78 is 14.1. The molecule has 0 spiro atoms. The van der Waals surface area contributed by atoms with Gasteiger partial charge in [0.25, 0.3) is 0 Å². The zero-order valence-corrected chi connectivity index (χ0v) is 12.0. The van der Waals surface area contributed by atoms with Crippen LogP contribution in [0.1, 0.15) is 10.6 Å². The number of fused-ring (bicyclic) bond motifs is 1. The second-order valence-electron chi connectivity index (χ2n) is 4.87. The van der Waals surface area contributed by atoms with E-state index in [2.05, 4.69) is 23.0 Å². The molecule has 0 aliphatic rings. The minimum absolute atomic E-state index is 0.192. The highest BCUT2D eigenvalue weighted by molar-refractivity contribution is 7.18. The van der Waals surface area contributed by atoms with Crippen LogP contribution >= 0.6 is 11.3 Å². The van der Waals surface area contributed by atoms with Crippen LogP contribution in [0.15, 0.2) is 48.5 Å². The molecule has 3 rings (SSSR count). The molecule has 0 saturated heterocycles. The van der Waals surface area contributed by atoms with Crippen LogP contribution in [-0.4, -0.2) is 16.9 Å². The molecule has 0 aliphatic heterocycles. The lowest BCUT2D eigenvalue weighted by Crippen LogP contribution is -2.17. The van der Waals surface area contributed by atoms with E-state index in [0.29, 0.717) is 0 Å². The van der Waals surface area contributed by atoms with E-state index in [0.717, 1.165) is 29.2 Å². The van der Waals surface area contributed by atoms with Gasteiger partial charge in [0.15, 0.2) is 0 Å². The number of nitrogens with zero attached hydrogens (tertiary/aromatic N) is 2. The van der Waals surface area contributed by atoms with Crippen molar-refractivity contribution >= 4 is 21.6 Å². The maximum atomic E-state index is 12.9. The molecule has 102 valence electrons. The lowest BCUT2D eigenvalue weighted by atomic mass is 10.2. The van der Waals surface area contributed by atoms with Gasteiger partial charge in [-0.2, -0.15) is 0 Å². The van der Waals surface area contributed by atoms with E-state index in [1.807, 2.05) is 30.3 Å². The minimum atomic E-state index is -0.192. The number of rotatable bonds is 4. The third kappa shape index (κ3) is 3.03. The van der Waals surface area contributed by atoms with Crippen molar-refractivity contribution in [3.8, 4) is 0 Å². The molecule has 4 heteroatoms. The molecular formula is C16H15FN2S. The van der Waals surface area contributed by atoms with E-state index < -0.39 is 0 Å². The van der Waals surface area contributed by atoms with Crippen molar-refractivity contribution in [2.75, 3.05) is 7.05 Å². The van der Waals surface area contributed by atoms with Gasteiger partial charge in [-0.25, -0.2) is 9.37 Å². The lowest BCUT2D eigenvalue weighted by Gasteiger charge is -2.14. The average Bonchev–Trinajstić information content (AvgIpc) is 2.83. The summed E-state index contributed by atoms with van der Waals surface area (Å²) in [6.07, 6.45) is 0. The predicted molar refractivity (Wildman–Crippen MR) is 81.2 cm³/mol. The van der Waals surface area contributed by atoms with Gasteiger partial charge < -0.3 is 0 Å². The standard InChI is InChI=1S/C16H15FN2S/c1-19(10-12-6-8-13(17)9-7-12)11-16-18-14-4-2-3-5-15(14)20-16/h2-9H,10-11H2,1H3. The van der Waals surface area contributed by atoms with Crippen LogP contribution in [0, 0.1) is 5.82 Å². The van der Waals surface area contributed by atoms with Gasteiger partial charge in [0.05, 0.1) is 16.8 Å². The molecular weight excluding hydrogens is 271 g/mol. The lowest BCUT2D eigenvalue weighted by molar-refractivity contribution is 0.318. The third-order valence-electron chi connectivity index (χ3n) is 3.11. The maximum Gasteiger partial charge on any atom is 0.123 e. The average molecular weight is 286 g/mol. The van der Waals surface area contributed by atoms with E-state index in [-0.39, 0.29) is 5.82 Å². The number of para-hydroxylation sites is 1. The molecule has 20 heavy (non-hydrogen) atoms. The smallest absolute Gasteiger partial charge is 0.123 e. The first-order valence-electron chi connectivity index (χ1n) is 6.48. The van der Waals surface area contributed by atoms with Crippen LogP contribution in [0.4, 0.5) is 4.39 Å². The highest BCUT2D eigenvalue weighted by Crippen LogP contribution is 2.22. The van der Waals surface area contributed by atoms with Crippen LogP contribution in [0.25, 0.3) is 10.2 Å². The predicted octanol–water partition coefficient (Wildman–Crippen LogP) is 4.07. The summed E-state index contributed by atoms with van der Waals surface area (Å²) in [5.74, 6) is -0.192. The zero-order valence-electron chi connectivity index (χ0n) is 11.2. The fraction of sp³-hybridized carbons (Fsp3) is 0.188. The van der Waals surface area contributed by atoms with E-state index in [1.54, 1.807) is 11.3 Å². The summed E-state index contributed by atoms with van der Waals surface area (Å²) in [7, 11) is 2.05. The van der Waals surface area contributed by atoms with Crippen molar-refractivity contribution in [1.82, 2.24) is 9.88 Å². The largest absolute Gasteiger partial charge is 0.295 e. The second-order valence-corrected chi connectivity index (χ2v) is 5.99. The fourth-order valence-electron chi connectivity index (χ4n) is 2.18. The Kier molecular flexibility index (Phi) is 3.76. The first kappa shape index (κ1) is 13.2. The summed E-state index contributed by atoms with van der Waals surface area (Å²) >= 11 is 1.73. The van der Waals surface area contributed by atoms with Crippen molar-refractivity contribution in [2.45, 2.75) is 13.1 Å². The second kappa shape index (κ2) is 5.69. The van der Waals surface area contributed by atoms with E-state index in [1.165, 1.54) is 16.8 Å². The number of halogens is 1. The Labute approximate surface area is 121 Å².